The summed E-state index contributed by atoms with van der Waals surface area (Å²) in [6.45, 7) is 9.44. The molecule has 0 fully saturated rings. The molecule has 1 N–H and O–H groups in total. The third-order valence-corrected chi connectivity index (χ3v) is 3.51. The molecule has 0 heterocycles. The topological polar surface area (TPSA) is 99.6 Å². The third kappa shape index (κ3) is 15.1. The van der Waals surface area contributed by atoms with Crippen LogP contribution in [-0.2, 0) is 23.9 Å². The number of rotatable bonds is 14. The number of hydrogen-bond donors (Lipinski definition) is 1. The largest absolute Gasteiger partial charge is 0.480 e. The van der Waals surface area contributed by atoms with Crippen molar-refractivity contribution < 1.29 is 29.0 Å². The average molecular weight is 389 g/mol. The number of carboxylic acid groups (broad SMARTS) is 1. The lowest BCUT2D eigenvalue weighted by molar-refractivity contribution is -0.150. The van der Waals surface area contributed by atoms with Crippen molar-refractivity contribution in [2.45, 2.75) is 39.9 Å². The molecule has 0 atom stereocenters. The lowest BCUT2D eigenvalue weighted by Gasteiger charge is -2.25. The van der Waals surface area contributed by atoms with E-state index in [0.29, 0.717) is 26.2 Å². The lowest BCUT2D eigenvalue weighted by atomic mass is 10.4. The Balaban J connectivity index is 4.27. The molecule has 0 aromatic rings. The van der Waals surface area contributed by atoms with Crippen molar-refractivity contribution in [3.05, 3.63) is 0 Å². The Morgan fingerprint density at radius 1 is 0.741 bits per heavy atom. The van der Waals surface area contributed by atoms with Crippen LogP contribution < -0.4 is 0 Å². The molecular formula is C18H35N3O6. The molecule has 0 aromatic heterocycles. The molecule has 0 rings (SSSR count). The molecule has 0 bridgehead atoms. The highest BCUT2D eigenvalue weighted by molar-refractivity contribution is 5.74. The highest BCUT2D eigenvalue weighted by Crippen LogP contribution is 1.97. The van der Waals surface area contributed by atoms with Gasteiger partial charge in [-0.3, -0.25) is 24.2 Å². The van der Waals surface area contributed by atoms with Crippen LogP contribution in [0.1, 0.15) is 27.7 Å². The van der Waals surface area contributed by atoms with E-state index in [0.717, 1.165) is 0 Å². The van der Waals surface area contributed by atoms with Crippen LogP contribution in [0.25, 0.3) is 0 Å². The number of aliphatic carboxylic acids is 1. The SMILES string of the molecule is CC(C)OC(=O)CN(C)CCN(C)CCN(CC(=O)O)CC(=O)OC(C)C. The molecule has 9 nitrogen and oxygen atoms in total. The molecule has 0 amide bonds. The smallest absolute Gasteiger partial charge is 0.320 e. The monoisotopic (exact) mass is 389 g/mol. The molecule has 0 aromatic carbocycles. The van der Waals surface area contributed by atoms with Crippen molar-refractivity contribution >= 4 is 17.9 Å². The second kappa shape index (κ2) is 13.5. The summed E-state index contributed by atoms with van der Waals surface area (Å²) in [5.41, 5.74) is 0. The maximum atomic E-state index is 11.8. The standard InChI is InChI=1S/C18H35N3O6/c1-14(2)26-17(24)12-20(6)8-7-19(5)9-10-21(11-16(22)23)13-18(25)27-15(3)4/h14-15H,7-13H2,1-6H3,(H,22,23). The van der Waals surface area contributed by atoms with Crippen LogP contribution in [0.5, 0.6) is 0 Å². The van der Waals surface area contributed by atoms with E-state index in [4.69, 9.17) is 14.6 Å². The second-order valence-electron chi connectivity index (χ2n) is 7.22. The quantitative estimate of drug-likeness (QED) is 0.416. The summed E-state index contributed by atoms with van der Waals surface area (Å²) in [6, 6.07) is 0. The van der Waals surface area contributed by atoms with E-state index in [1.807, 2.05) is 37.7 Å². The highest BCUT2D eigenvalue weighted by Gasteiger charge is 2.17. The van der Waals surface area contributed by atoms with Crippen LogP contribution in [0.4, 0.5) is 0 Å². The van der Waals surface area contributed by atoms with Crippen LogP contribution in [-0.4, -0.2) is 110 Å². The van der Waals surface area contributed by atoms with Crippen molar-refractivity contribution in [1.82, 2.24) is 14.7 Å². The number of carbonyl (C=O) groups is 3. The first-order valence-corrected chi connectivity index (χ1v) is 9.19. The fraction of sp³-hybridized carbons (Fsp3) is 0.833. The van der Waals surface area contributed by atoms with Gasteiger partial charge in [0, 0.05) is 26.2 Å². The van der Waals surface area contributed by atoms with Gasteiger partial charge in [-0.2, -0.15) is 0 Å². The minimum atomic E-state index is -0.988. The number of nitrogens with zero attached hydrogens (tertiary/aromatic N) is 3. The van der Waals surface area contributed by atoms with Crippen molar-refractivity contribution in [2.75, 3.05) is 59.9 Å². The zero-order valence-electron chi connectivity index (χ0n) is 17.4. The molecule has 0 saturated heterocycles. The number of carboxylic acids is 1. The van der Waals surface area contributed by atoms with Crippen LogP contribution in [0.3, 0.4) is 0 Å². The molecule has 0 radical (unpaired) electrons. The minimum absolute atomic E-state index is 0.0563. The van der Waals surface area contributed by atoms with Crippen molar-refractivity contribution in [1.29, 1.82) is 0 Å². The number of ether oxygens (including phenoxy) is 2. The summed E-state index contributed by atoms with van der Waals surface area (Å²) in [4.78, 5) is 39.8. The molecule has 0 unspecified atom stereocenters. The first-order valence-electron chi connectivity index (χ1n) is 9.19. The van der Waals surface area contributed by atoms with Gasteiger partial charge in [-0.25, -0.2) is 0 Å². The molecule has 0 saturated carbocycles. The van der Waals surface area contributed by atoms with Crippen LogP contribution in [0, 0.1) is 0 Å². The predicted octanol–water partition coefficient (Wildman–Crippen LogP) is 0.140. The highest BCUT2D eigenvalue weighted by atomic mass is 16.5. The van der Waals surface area contributed by atoms with Crippen molar-refractivity contribution in [3.63, 3.8) is 0 Å². The Kier molecular flexibility index (Phi) is 12.6. The van der Waals surface area contributed by atoms with E-state index in [2.05, 4.69) is 0 Å². The zero-order chi connectivity index (χ0) is 21.0. The summed E-state index contributed by atoms with van der Waals surface area (Å²) in [5.74, 6) is -1.68. The van der Waals surface area contributed by atoms with E-state index < -0.39 is 11.9 Å². The normalized spacial score (nSPS) is 11.7. The molecule has 158 valence electrons. The first-order chi connectivity index (χ1) is 12.5. The maximum absolute atomic E-state index is 11.8. The molecular weight excluding hydrogens is 354 g/mol. The van der Waals surface area contributed by atoms with E-state index >= 15 is 0 Å². The Labute approximate surface area is 162 Å². The van der Waals surface area contributed by atoms with Crippen molar-refractivity contribution in [3.8, 4) is 0 Å². The van der Waals surface area contributed by atoms with Gasteiger partial charge >= 0.3 is 17.9 Å². The Hall–Kier alpha value is -1.71. The molecule has 0 aliphatic rings. The van der Waals surface area contributed by atoms with Gasteiger partial charge in [0.05, 0.1) is 31.8 Å². The van der Waals surface area contributed by atoms with Crippen LogP contribution in [0.2, 0.25) is 0 Å². The average Bonchev–Trinajstić information content (AvgIpc) is 2.48. The van der Waals surface area contributed by atoms with Crippen LogP contribution in [0.15, 0.2) is 0 Å². The van der Waals surface area contributed by atoms with Crippen molar-refractivity contribution in [2.24, 2.45) is 0 Å². The fourth-order valence-corrected chi connectivity index (χ4v) is 2.25. The number of hydrogen-bond acceptors (Lipinski definition) is 8. The van der Waals surface area contributed by atoms with Gasteiger partial charge in [0.25, 0.3) is 0 Å². The molecule has 0 aliphatic heterocycles. The van der Waals surface area contributed by atoms with Gasteiger partial charge in [-0.15, -0.1) is 0 Å². The summed E-state index contributed by atoms with van der Waals surface area (Å²) in [5, 5.41) is 9.01. The third-order valence-electron chi connectivity index (χ3n) is 3.51. The first kappa shape index (κ1) is 25.3. The molecule has 27 heavy (non-hydrogen) atoms. The molecule has 9 heteroatoms. The Morgan fingerprint density at radius 3 is 1.67 bits per heavy atom. The summed E-state index contributed by atoms with van der Waals surface area (Å²) in [7, 11) is 3.75. The number of likely N-dealkylation sites (N-methyl/N-ethyl adjacent to an activating group) is 2. The van der Waals surface area contributed by atoms with E-state index in [9.17, 15) is 14.4 Å². The Morgan fingerprint density at radius 2 is 1.19 bits per heavy atom. The van der Waals surface area contributed by atoms with Crippen LogP contribution >= 0.6 is 0 Å². The van der Waals surface area contributed by atoms with Gasteiger partial charge in [0.1, 0.15) is 0 Å². The molecule has 0 aliphatic carbocycles. The predicted molar refractivity (Wildman–Crippen MR) is 102 cm³/mol. The van der Waals surface area contributed by atoms with Gasteiger partial charge in [-0.05, 0) is 41.8 Å². The second-order valence-corrected chi connectivity index (χ2v) is 7.22. The lowest BCUT2D eigenvalue weighted by Crippen LogP contribution is -2.42. The molecule has 0 spiro atoms. The summed E-state index contributed by atoms with van der Waals surface area (Å²) < 4.78 is 10.2. The van der Waals surface area contributed by atoms with Gasteiger partial charge in [0.15, 0.2) is 0 Å². The van der Waals surface area contributed by atoms with E-state index in [1.165, 1.54) is 0 Å². The fourth-order valence-electron chi connectivity index (χ4n) is 2.25. The van der Waals surface area contributed by atoms with E-state index in [1.54, 1.807) is 18.7 Å². The van der Waals surface area contributed by atoms with Gasteiger partial charge in [-0.1, -0.05) is 0 Å². The number of esters is 2. The summed E-state index contributed by atoms with van der Waals surface area (Å²) in [6.07, 6.45) is -0.360. The minimum Gasteiger partial charge on any atom is -0.480 e. The zero-order valence-corrected chi connectivity index (χ0v) is 17.4. The Bertz CT molecular complexity index is 470. The van der Waals surface area contributed by atoms with Gasteiger partial charge in [0.2, 0.25) is 0 Å². The number of carbonyl (C=O) groups excluding carboxylic acids is 2. The van der Waals surface area contributed by atoms with Gasteiger partial charge < -0.3 is 19.5 Å². The van der Waals surface area contributed by atoms with E-state index in [-0.39, 0.29) is 37.8 Å². The summed E-state index contributed by atoms with van der Waals surface area (Å²) >= 11 is 0. The maximum Gasteiger partial charge on any atom is 0.320 e.